The van der Waals surface area contributed by atoms with Gasteiger partial charge >= 0.3 is 0 Å². The topological polar surface area (TPSA) is 64.0 Å². The second-order valence-electron chi connectivity index (χ2n) is 6.71. The lowest BCUT2D eigenvalue weighted by atomic mass is 10.2. The Morgan fingerprint density at radius 1 is 1.00 bits per heavy atom. The summed E-state index contributed by atoms with van der Waals surface area (Å²) in [6.45, 7) is 0. The number of nitrogens with zero attached hydrogens (tertiary/aromatic N) is 2. The molecule has 4 rings (SSSR count). The summed E-state index contributed by atoms with van der Waals surface area (Å²) >= 11 is 6.14. The lowest BCUT2D eigenvalue weighted by molar-refractivity contribution is 0.467. The van der Waals surface area contributed by atoms with Crippen LogP contribution in [-0.4, -0.2) is 18.2 Å². The molecule has 0 amide bonds. The van der Waals surface area contributed by atoms with E-state index in [1.54, 1.807) is 30.5 Å². The van der Waals surface area contributed by atoms with E-state index in [0.29, 0.717) is 16.4 Å². The van der Waals surface area contributed by atoms with Gasteiger partial charge in [0.15, 0.2) is 0 Å². The fourth-order valence-electron chi connectivity index (χ4n) is 3.47. The molecule has 27 heavy (non-hydrogen) atoms. The summed E-state index contributed by atoms with van der Waals surface area (Å²) in [6.07, 6.45) is 5.98. The summed E-state index contributed by atoms with van der Waals surface area (Å²) in [5, 5.41) is 5.01. The second-order valence-corrected chi connectivity index (χ2v) is 8.77. The van der Waals surface area contributed by atoms with E-state index in [-0.39, 0.29) is 10.9 Å². The highest BCUT2D eigenvalue weighted by Crippen LogP contribution is 2.34. The quantitative estimate of drug-likeness (QED) is 0.645. The molecule has 0 unspecified atom stereocenters. The van der Waals surface area contributed by atoms with Crippen LogP contribution < -0.4 is 4.72 Å². The minimum atomic E-state index is -3.84. The van der Waals surface area contributed by atoms with E-state index >= 15 is 0 Å². The molecule has 2 aromatic carbocycles. The predicted octanol–water partition coefficient (Wildman–Crippen LogP) is 5.12. The maximum absolute atomic E-state index is 13.2. The molecular formula is C20H20ClN3O2S. The molecular weight excluding hydrogens is 382 g/mol. The van der Waals surface area contributed by atoms with Gasteiger partial charge in [-0.25, -0.2) is 8.42 Å². The lowest BCUT2D eigenvalue weighted by Gasteiger charge is -2.09. The van der Waals surface area contributed by atoms with Crippen molar-refractivity contribution in [3.8, 4) is 11.3 Å². The Labute approximate surface area is 164 Å². The number of nitrogens with one attached hydrogen (secondary N) is 1. The van der Waals surface area contributed by atoms with Crippen LogP contribution in [0.5, 0.6) is 0 Å². The van der Waals surface area contributed by atoms with Crippen LogP contribution in [0.3, 0.4) is 0 Å². The molecule has 0 bridgehead atoms. The first-order valence-electron chi connectivity index (χ1n) is 8.96. The zero-order valence-corrected chi connectivity index (χ0v) is 16.2. The van der Waals surface area contributed by atoms with Gasteiger partial charge in [0.25, 0.3) is 10.0 Å². The molecule has 1 heterocycles. The summed E-state index contributed by atoms with van der Waals surface area (Å²) in [5.74, 6) is 0. The molecule has 140 valence electrons. The van der Waals surface area contributed by atoms with Crippen LogP contribution in [0.25, 0.3) is 11.3 Å². The standard InChI is InChI=1S/C20H20ClN3O2S/c21-17-12-6-7-13-18(17)23-27(25,26)19-14-24(16-10-4-5-11-16)22-20(19)15-8-2-1-3-9-15/h1-3,6-9,12-14,16,23H,4-5,10-11H2. The third-order valence-corrected chi connectivity index (χ3v) is 6.55. The van der Waals surface area contributed by atoms with E-state index in [2.05, 4.69) is 9.82 Å². The van der Waals surface area contributed by atoms with Gasteiger partial charge in [-0.3, -0.25) is 9.40 Å². The maximum atomic E-state index is 13.2. The summed E-state index contributed by atoms with van der Waals surface area (Å²) in [7, 11) is -3.84. The zero-order chi connectivity index (χ0) is 18.9. The number of halogens is 1. The highest BCUT2D eigenvalue weighted by molar-refractivity contribution is 7.92. The van der Waals surface area contributed by atoms with E-state index in [0.717, 1.165) is 31.2 Å². The molecule has 0 spiro atoms. The van der Waals surface area contributed by atoms with Crippen LogP contribution in [0.1, 0.15) is 31.7 Å². The molecule has 7 heteroatoms. The lowest BCUT2D eigenvalue weighted by Crippen LogP contribution is -2.13. The molecule has 1 aromatic heterocycles. The Hall–Kier alpha value is -2.31. The highest BCUT2D eigenvalue weighted by atomic mass is 35.5. The highest BCUT2D eigenvalue weighted by Gasteiger charge is 2.27. The number of sulfonamides is 1. The zero-order valence-electron chi connectivity index (χ0n) is 14.7. The first-order chi connectivity index (χ1) is 13.0. The molecule has 1 fully saturated rings. The Morgan fingerprint density at radius 3 is 2.37 bits per heavy atom. The van der Waals surface area contributed by atoms with E-state index in [9.17, 15) is 8.42 Å². The molecule has 0 aliphatic heterocycles. The van der Waals surface area contributed by atoms with Crippen molar-refractivity contribution in [2.24, 2.45) is 0 Å². The molecule has 5 nitrogen and oxygen atoms in total. The maximum Gasteiger partial charge on any atom is 0.265 e. The minimum absolute atomic E-state index is 0.167. The molecule has 0 radical (unpaired) electrons. The van der Waals surface area contributed by atoms with E-state index < -0.39 is 10.0 Å². The van der Waals surface area contributed by atoms with Crippen molar-refractivity contribution in [1.82, 2.24) is 9.78 Å². The number of anilines is 1. The summed E-state index contributed by atoms with van der Waals surface area (Å²) in [6, 6.07) is 16.4. The van der Waals surface area contributed by atoms with Gasteiger partial charge in [-0.1, -0.05) is 66.9 Å². The second kappa shape index (κ2) is 7.37. The van der Waals surface area contributed by atoms with Crippen LogP contribution in [0.4, 0.5) is 5.69 Å². The average Bonchev–Trinajstić information content (AvgIpc) is 3.34. The van der Waals surface area contributed by atoms with Gasteiger partial charge in [0.2, 0.25) is 0 Å². The Bertz CT molecular complexity index is 1040. The number of hydrogen-bond acceptors (Lipinski definition) is 3. The number of benzene rings is 2. The number of rotatable bonds is 5. The fourth-order valence-corrected chi connectivity index (χ4v) is 4.94. The third-order valence-electron chi connectivity index (χ3n) is 4.85. The van der Waals surface area contributed by atoms with Crippen LogP contribution in [0.15, 0.2) is 65.7 Å². The van der Waals surface area contributed by atoms with Crippen molar-refractivity contribution in [1.29, 1.82) is 0 Å². The molecule has 0 atom stereocenters. The predicted molar refractivity (Wildman–Crippen MR) is 107 cm³/mol. The van der Waals surface area contributed by atoms with E-state index in [4.69, 9.17) is 11.6 Å². The molecule has 3 aromatic rings. The fraction of sp³-hybridized carbons (Fsp3) is 0.250. The van der Waals surface area contributed by atoms with Crippen molar-refractivity contribution in [3.63, 3.8) is 0 Å². The van der Waals surface area contributed by atoms with Gasteiger partial charge in [-0.05, 0) is 25.0 Å². The van der Waals surface area contributed by atoms with Crippen molar-refractivity contribution < 1.29 is 8.42 Å². The van der Waals surface area contributed by atoms with Crippen LogP contribution in [0, 0.1) is 0 Å². The molecule has 1 N–H and O–H groups in total. The summed E-state index contributed by atoms with van der Waals surface area (Å²) in [4.78, 5) is 0.167. The molecule has 1 aliphatic rings. The monoisotopic (exact) mass is 401 g/mol. The van der Waals surface area contributed by atoms with E-state index in [1.807, 2.05) is 35.0 Å². The van der Waals surface area contributed by atoms with Crippen molar-refractivity contribution in [3.05, 3.63) is 65.8 Å². The molecule has 0 saturated heterocycles. The van der Waals surface area contributed by atoms with Crippen molar-refractivity contribution in [2.75, 3.05) is 4.72 Å². The molecule has 1 saturated carbocycles. The van der Waals surface area contributed by atoms with E-state index in [1.165, 1.54) is 0 Å². The van der Waals surface area contributed by atoms with Gasteiger partial charge in [0.05, 0.1) is 16.8 Å². The Morgan fingerprint density at radius 2 is 1.67 bits per heavy atom. The largest absolute Gasteiger partial charge is 0.278 e. The van der Waals surface area contributed by atoms with Crippen LogP contribution in [-0.2, 0) is 10.0 Å². The SMILES string of the molecule is O=S(=O)(Nc1ccccc1Cl)c1cn(C2CCCC2)nc1-c1ccccc1. The first kappa shape index (κ1) is 18.1. The van der Waals surface area contributed by atoms with Gasteiger partial charge in [0.1, 0.15) is 10.6 Å². The summed E-state index contributed by atoms with van der Waals surface area (Å²) < 4.78 is 30.7. The number of para-hydroxylation sites is 1. The van der Waals surface area contributed by atoms with Crippen LogP contribution in [0.2, 0.25) is 5.02 Å². The van der Waals surface area contributed by atoms with Crippen LogP contribution >= 0.6 is 11.6 Å². The Balaban J connectivity index is 1.79. The number of hydrogen-bond donors (Lipinski definition) is 1. The van der Waals surface area contributed by atoms with Gasteiger partial charge in [-0.2, -0.15) is 5.10 Å². The normalized spacial score (nSPS) is 15.1. The Kier molecular flexibility index (Phi) is 4.93. The smallest absolute Gasteiger partial charge is 0.265 e. The minimum Gasteiger partial charge on any atom is -0.278 e. The summed E-state index contributed by atoms with van der Waals surface area (Å²) in [5.41, 5.74) is 1.59. The van der Waals surface area contributed by atoms with Crippen molar-refractivity contribution in [2.45, 2.75) is 36.6 Å². The first-order valence-corrected chi connectivity index (χ1v) is 10.8. The van der Waals surface area contributed by atoms with Gasteiger partial charge in [0, 0.05) is 11.8 Å². The van der Waals surface area contributed by atoms with Gasteiger partial charge < -0.3 is 0 Å². The third kappa shape index (κ3) is 3.73. The average molecular weight is 402 g/mol. The number of aromatic nitrogens is 2. The molecule has 1 aliphatic carbocycles. The van der Waals surface area contributed by atoms with Crippen molar-refractivity contribution >= 4 is 27.3 Å². The van der Waals surface area contributed by atoms with Gasteiger partial charge in [-0.15, -0.1) is 0 Å².